The lowest BCUT2D eigenvalue weighted by atomic mass is 9.90. The Morgan fingerprint density at radius 3 is 2.38 bits per heavy atom. The number of hydrogen-bond donors (Lipinski definition) is 1. The normalized spacial score (nSPS) is 14.1. The Kier molecular flexibility index (Phi) is 7.70. The maximum atomic E-state index is 12.6. The SMILES string of the molecule is O=C(NCc1ccc(Cl)c(Cl)c1)c1ccc(N2CCC(Cc3ccccc3)CC2)c([N+](=O)[O-])c1. The lowest BCUT2D eigenvalue weighted by Crippen LogP contribution is -2.34. The van der Waals surface area contributed by atoms with Crippen LogP contribution in [0, 0.1) is 16.0 Å². The van der Waals surface area contributed by atoms with E-state index in [9.17, 15) is 14.9 Å². The van der Waals surface area contributed by atoms with Crippen molar-refractivity contribution in [3.8, 4) is 0 Å². The van der Waals surface area contributed by atoms with Gasteiger partial charge in [-0.15, -0.1) is 0 Å². The number of hydrogen-bond acceptors (Lipinski definition) is 4. The number of amides is 1. The summed E-state index contributed by atoms with van der Waals surface area (Å²) in [5.41, 5.74) is 2.86. The first kappa shape index (κ1) is 24.0. The number of piperidine rings is 1. The van der Waals surface area contributed by atoms with E-state index in [0.29, 0.717) is 21.7 Å². The molecule has 1 heterocycles. The molecule has 0 bridgehead atoms. The maximum Gasteiger partial charge on any atom is 0.293 e. The monoisotopic (exact) mass is 497 g/mol. The van der Waals surface area contributed by atoms with Crippen LogP contribution >= 0.6 is 23.2 Å². The van der Waals surface area contributed by atoms with Crippen molar-refractivity contribution in [3.05, 3.63) is 104 Å². The number of carbonyl (C=O) groups excluding carboxylic acids is 1. The lowest BCUT2D eigenvalue weighted by Gasteiger charge is -2.33. The van der Waals surface area contributed by atoms with Gasteiger partial charge in [0, 0.05) is 31.3 Å². The predicted molar refractivity (Wildman–Crippen MR) is 136 cm³/mol. The smallest absolute Gasteiger partial charge is 0.293 e. The Morgan fingerprint density at radius 1 is 0.971 bits per heavy atom. The minimum atomic E-state index is -0.416. The van der Waals surface area contributed by atoms with Crippen LogP contribution in [0.15, 0.2) is 66.7 Å². The molecule has 176 valence electrons. The number of nitro groups is 1. The van der Waals surface area contributed by atoms with Crippen LogP contribution in [0.4, 0.5) is 11.4 Å². The second-order valence-electron chi connectivity index (χ2n) is 8.51. The molecular formula is C26H25Cl2N3O3. The molecule has 0 aliphatic carbocycles. The van der Waals surface area contributed by atoms with E-state index in [0.717, 1.165) is 37.9 Å². The first-order valence-corrected chi connectivity index (χ1v) is 12.0. The van der Waals surface area contributed by atoms with Gasteiger partial charge in [0.25, 0.3) is 11.6 Å². The van der Waals surface area contributed by atoms with E-state index in [-0.39, 0.29) is 23.7 Å². The summed E-state index contributed by atoms with van der Waals surface area (Å²) in [5, 5.41) is 15.4. The van der Waals surface area contributed by atoms with Gasteiger partial charge in [-0.25, -0.2) is 0 Å². The van der Waals surface area contributed by atoms with Crippen LogP contribution in [0.5, 0.6) is 0 Å². The van der Waals surface area contributed by atoms with Crippen LogP contribution in [0.1, 0.15) is 34.3 Å². The zero-order valence-electron chi connectivity index (χ0n) is 18.5. The second kappa shape index (κ2) is 10.9. The average Bonchev–Trinajstić information content (AvgIpc) is 2.85. The number of rotatable bonds is 7. The van der Waals surface area contributed by atoms with Gasteiger partial charge in [-0.1, -0.05) is 59.6 Å². The predicted octanol–water partition coefficient (Wildman–Crippen LogP) is 6.29. The quantitative estimate of drug-likeness (QED) is 0.307. The summed E-state index contributed by atoms with van der Waals surface area (Å²) in [4.78, 5) is 26.1. The van der Waals surface area contributed by atoms with Crippen molar-refractivity contribution in [1.29, 1.82) is 0 Å². The molecule has 3 aromatic carbocycles. The summed E-state index contributed by atoms with van der Waals surface area (Å²) >= 11 is 11.9. The lowest BCUT2D eigenvalue weighted by molar-refractivity contribution is -0.384. The zero-order chi connectivity index (χ0) is 24.1. The fourth-order valence-corrected chi connectivity index (χ4v) is 4.66. The fourth-order valence-electron chi connectivity index (χ4n) is 4.34. The highest BCUT2D eigenvalue weighted by Crippen LogP contribution is 2.33. The molecule has 1 amide bonds. The Bertz CT molecular complexity index is 1180. The summed E-state index contributed by atoms with van der Waals surface area (Å²) in [6.45, 7) is 1.74. The zero-order valence-corrected chi connectivity index (χ0v) is 20.1. The molecule has 0 aromatic heterocycles. The van der Waals surface area contributed by atoms with Gasteiger partial charge >= 0.3 is 0 Å². The van der Waals surface area contributed by atoms with Crippen molar-refractivity contribution in [2.75, 3.05) is 18.0 Å². The highest BCUT2D eigenvalue weighted by Gasteiger charge is 2.26. The Balaban J connectivity index is 1.40. The minimum Gasteiger partial charge on any atom is -0.366 e. The molecule has 6 nitrogen and oxygen atoms in total. The Hall–Kier alpha value is -3.09. The second-order valence-corrected chi connectivity index (χ2v) is 9.33. The first-order valence-electron chi connectivity index (χ1n) is 11.2. The van der Waals surface area contributed by atoms with Crippen molar-refractivity contribution in [2.45, 2.75) is 25.8 Å². The van der Waals surface area contributed by atoms with Gasteiger partial charge in [0.2, 0.25) is 0 Å². The van der Waals surface area contributed by atoms with E-state index in [1.54, 1.807) is 30.3 Å². The van der Waals surface area contributed by atoms with Crippen molar-refractivity contribution < 1.29 is 9.72 Å². The topological polar surface area (TPSA) is 75.5 Å². The number of benzene rings is 3. The third-order valence-electron chi connectivity index (χ3n) is 6.19. The van der Waals surface area contributed by atoms with Crippen LogP contribution in [0.3, 0.4) is 0 Å². The number of nitro benzene ring substituents is 1. The van der Waals surface area contributed by atoms with E-state index in [4.69, 9.17) is 23.2 Å². The van der Waals surface area contributed by atoms with E-state index < -0.39 is 4.92 Å². The van der Waals surface area contributed by atoms with E-state index in [1.807, 2.05) is 6.07 Å². The molecule has 1 N–H and O–H groups in total. The molecule has 0 unspecified atom stereocenters. The molecule has 4 rings (SSSR count). The highest BCUT2D eigenvalue weighted by atomic mass is 35.5. The number of anilines is 1. The molecule has 0 atom stereocenters. The van der Waals surface area contributed by atoms with E-state index in [1.165, 1.54) is 11.6 Å². The molecular weight excluding hydrogens is 473 g/mol. The van der Waals surface area contributed by atoms with Gasteiger partial charge in [0.05, 0.1) is 15.0 Å². The third kappa shape index (κ3) is 5.88. The fraction of sp³-hybridized carbons (Fsp3) is 0.269. The average molecular weight is 498 g/mol. The van der Waals surface area contributed by atoms with Crippen molar-refractivity contribution in [2.24, 2.45) is 5.92 Å². The molecule has 0 spiro atoms. The summed E-state index contributed by atoms with van der Waals surface area (Å²) in [6.07, 6.45) is 2.96. The van der Waals surface area contributed by atoms with Gasteiger partial charge in [-0.05, 0) is 60.6 Å². The minimum absolute atomic E-state index is 0.0521. The molecule has 1 aliphatic heterocycles. The van der Waals surface area contributed by atoms with Crippen molar-refractivity contribution in [3.63, 3.8) is 0 Å². The summed E-state index contributed by atoms with van der Waals surface area (Å²) < 4.78 is 0. The van der Waals surface area contributed by atoms with Gasteiger partial charge in [-0.2, -0.15) is 0 Å². The highest BCUT2D eigenvalue weighted by molar-refractivity contribution is 6.42. The van der Waals surface area contributed by atoms with Gasteiger partial charge in [0.1, 0.15) is 5.69 Å². The van der Waals surface area contributed by atoms with E-state index in [2.05, 4.69) is 34.5 Å². The van der Waals surface area contributed by atoms with Crippen LogP contribution < -0.4 is 10.2 Å². The van der Waals surface area contributed by atoms with Gasteiger partial charge in [0.15, 0.2) is 0 Å². The third-order valence-corrected chi connectivity index (χ3v) is 6.93. The molecule has 0 radical (unpaired) electrons. The molecule has 1 saturated heterocycles. The maximum absolute atomic E-state index is 12.6. The summed E-state index contributed by atoms with van der Waals surface area (Å²) in [5.74, 6) is 0.173. The molecule has 8 heteroatoms. The van der Waals surface area contributed by atoms with Crippen LogP contribution in [-0.2, 0) is 13.0 Å². The van der Waals surface area contributed by atoms with Crippen LogP contribution in [0.25, 0.3) is 0 Å². The molecule has 1 aliphatic rings. The number of halogens is 2. The number of nitrogens with one attached hydrogen (secondary N) is 1. The summed E-state index contributed by atoms with van der Waals surface area (Å²) in [7, 11) is 0. The van der Waals surface area contributed by atoms with Crippen LogP contribution in [0.2, 0.25) is 10.0 Å². The van der Waals surface area contributed by atoms with Crippen molar-refractivity contribution >= 4 is 40.5 Å². The van der Waals surface area contributed by atoms with Crippen LogP contribution in [-0.4, -0.2) is 23.9 Å². The summed E-state index contributed by atoms with van der Waals surface area (Å²) in [6, 6.07) is 20.2. The Morgan fingerprint density at radius 2 is 1.71 bits per heavy atom. The van der Waals surface area contributed by atoms with E-state index >= 15 is 0 Å². The van der Waals surface area contributed by atoms with Gasteiger partial charge < -0.3 is 10.2 Å². The molecule has 3 aromatic rings. The first-order chi connectivity index (χ1) is 16.4. The standard InChI is InChI=1S/C26H25Cl2N3O3/c27-22-8-6-20(15-23(22)28)17-29-26(32)21-7-9-24(25(16-21)31(33)34)30-12-10-19(11-13-30)14-18-4-2-1-3-5-18/h1-9,15-16,19H,10-14,17H2,(H,29,32). The molecule has 34 heavy (non-hydrogen) atoms. The number of carbonyl (C=O) groups is 1. The van der Waals surface area contributed by atoms with Crippen molar-refractivity contribution in [1.82, 2.24) is 5.32 Å². The molecule has 1 fully saturated rings. The van der Waals surface area contributed by atoms with Gasteiger partial charge in [-0.3, -0.25) is 14.9 Å². The Labute approximate surface area is 208 Å². The molecule has 0 saturated carbocycles. The number of nitrogens with zero attached hydrogens (tertiary/aromatic N) is 2. The largest absolute Gasteiger partial charge is 0.366 e.